The van der Waals surface area contributed by atoms with E-state index < -0.39 is 0 Å². The highest BCUT2D eigenvalue weighted by molar-refractivity contribution is 6.31. The summed E-state index contributed by atoms with van der Waals surface area (Å²) in [4.78, 5) is 19.4. The highest BCUT2D eigenvalue weighted by Crippen LogP contribution is 2.25. The smallest absolute Gasteiger partial charge is 0.251 e. The van der Waals surface area contributed by atoms with Gasteiger partial charge in [-0.15, -0.1) is 0 Å². The predicted molar refractivity (Wildman–Crippen MR) is 102 cm³/mol. The molecule has 1 aromatic heterocycles. The highest BCUT2D eigenvalue weighted by atomic mass is 35.5. The second-order valence-corrected chi connectivity index (χ2v) is 6.84. The van der Waals surface area contributed by atoms with Crippen molar-refractivity contribution in [2.45, 2.75) is 45.2 Å². The third-order valence-corrected chi connectivity index (χ3v) is 5.17. The zero-order valence-corrected chi connectivity index (χ0v) is 15.3. The minimum atomic E-state index is -0.103. The van der Waals surface area contributed by atoms with Crippen molar-refractivity contribution >= 4 is 23.3 Å². The number of carbonyl (C=O) groups is 1. The molecule has 0 aliphatic carbocycles. The molecule has 5 heteroatoms. The second-order valence-electron chi connectivity index (χ2n) is 6.43. The van der Waals surface area contributed by atoms with Gasteiger partial charge in [-0.25, -0.2) is 4.98 Å². The lowest BCUT2D eigenvalue weighted by Crippen LogP contribution is -2.39. The summed E-state index contributed by atoms with van der Waals surface area (Å²) in [6.07, 6.45) is 6.47. The van der Waals surface area contributed by atoms with Crippen LogP contribution in [0.25, 0.3) is 0 Å². The number of halogens is 1. The number of benzene rings is 1. The van der Waals surface area contributed by atoms with Gasteiger partial charge >= 0.3 is 0 Å². The fourth-order valence-electron chi connectivity index (χ4n) is 3.36. The van der Waals surface area contributed by atoms with Crippen LogP contribution in [0.3, 0.4) is 0 Å². The molecule has 25 heavy (non-hydrogen) atoms. The number of piperidine rings is 1. The van der Waals surface area contributed by atoms with Gasteiger partial charge in [0.25, 0.3) is 5.91 Å². The van der Waals surface area contributed by atoms with Crippen molar-refractivity contribution in [2.24, 2.45) is 0 Å². The number of nitrogens with zero attached hydrogens (tertiary/aromatic N) is 2. The first-order valence-electron chi connectivity index (χ1n) is 8.93. The monoisotopic (exact) mass is 357 g/mol. The van der Waals surface area contributed by atoms with E-state index in [-0.39, 0.29) is 5.91 Å². The number of rotatable bonds is 5. The molecule has 0 spiro atoms. The topological polar surface area (TPSA) is 45.2 Å². The molecule has 1 N–H and O–H groups in total. The Kier molecular flexibility index (Phi) is 5.92. The maximum absolute atomic E-state index is 12.5. The summed E-state index contributed by atoms with van der Waals surface area (Å²) in [6.45, 7) is 3.64. The fraction of sp³-hybridized carbons (Fsp3) is 0.400. The zero-order chi connectivity index (χ0) is 17.6. The van der Waals surface area contributed by atoms with E-state index in [1.54, 1.807) is 12.3 Å². The van der Waals surface area contributed by atoms with E-state index in [9.17, 15) is 4.79 Å². The van der Waals surface area contributed by atoms with E-state index in [2.05, 4.69) is 22.1 Å². The van der Waals surface area contributed by atoms with E-state index in [1.165, 1.54) is 19.3 Å². The Morgan fingerprint density at radius 1 is 1.32 bits per heavy atom. The lowest BCUT2D eigenvalue weighted by atomic mass is 10.00. The van der Waals surface area contributed by atoms with Gasteiger partial charge in [0.05, 0.1) is 0 Å². The number of carbonyl (C=O) groups excluding carboxylic acids is 1. The van der Waals surface area contributed by atoms with Crippen LogP contribution in [0.5, 0.6) is 0 Å². The lowest BCUT2D eigenvalue weighted by Gasteiger charge is -2.36. The van der Waals surface area contributed by atoms with Gasteiger partial charge < -0.3 is 10.2 Å². The minimum absolute atomic E-state index is 0.103. The zero-order valence-electron chi connectivity index (χ0n) is 14.5. The highest BCUT2D eigenvalue weighted by Gasteiger charge is 2.22. The van der Waals surface area contributed by atoms with Gasteiger partial charge in [0, 0.05) is 35.9 Å². The van der Waals surface area contributed by atoms with Crippen molar-refractivity contribution in [2.75, 3.05) is 11.4 Å². The van der Waals surface area contributed by atoms with Gasteiger partial charge in [0.1, 0.15) is 5.82 Å². The Balaban J connectivity index is 1.70. The molecular weight excluding hydrogens is 334 g/mol. The number of hydrogen-bond acceptors (Lipinski definition) is 3. The van der Waals surface area contributed by atoms with Gasteiger partial charge in [-0.1, -0.05) is 36.7 Å². The van der Waals surface area contributed by atoms with E-state index in [1.807, 2.05) is 30.3 Å². The van der Waals surface area contributed by atoms with Crippen LogP contribution in [0.1, 0.15) is 48.5 Å². The minimum Gasteiger partial charge on any atom is -0.354 e. The molecule has 2 heterocycles. The van der Waals surface area contributed by atoms with Gasteiger partial charge in [0.15, 0.2) is 0 Å². The molecule has 1 amide bonds. The number of aromatic nitrogens is 1. The van der Waals surface area contributed by atoms with Crippen molar-refractivity contribution < 1.29 is 4.79 Å². The first-order chi connectivity index (χ1) is 12.2. The number of anilines is 1. The van der Waals surface area contributed by atoms with Gasteiger partial charge in [0.2, 0.25) is 0 Å². The summed E-state index contributed by atoms with van der Waals surface area (Å²) in [5, 5.41) is 3.61. The number of nitrogens with one attached hydrogen (secondary N) is 1. The van der Waals surface area contributed by atoms with Crippen molar-refractivity contribution in [3.8, 4) is 0 Å². The van der Waals surface area contributed by atoms with Crippen LogP contribution in [0, 0.1) is 0 Å². The summed E-state index contributed by atoms with van der Waals surface area (Å²) in [5.41, 5.74) is 1.55. The van der Waals surface area contributed by atoms with Gasteiger partial charge in [-0.3, -0.25) is 4.79 Å². The average molecular weight is 358 g/mol. The Morgan fingerprint density at radius 2 is 2.16 bits per heavy atom. The van der Waals surface area contributed by atoms with Gasteiger partial charge in [-0.2, -0.15) is 0 Å². The molecule has 0 saturated carbocycles. The van der Waals surface area contributed by atoms with E-state index in [0.717, 1.165) is 24.3 Å². The quantitative estimate of drug-likeness (QED) is 0.860. The molecule has 132 valence electrons. The Morgan fingerprint density at radius 3 is 2.96 bits per heavy atom. The molecule has 1 aromatic carbocycles. The lowest BCUT2D eigenvalue weighted by molar-refractivity contribution is 0.0951. The van der Waals surface area contributed by atoms with Crippen molar-refractivity contribution in [1.82, 2.24) is 10.3 Å². The maximum atomic E-state index is 12.5. The van der Waals surface area contributed by atoms with E-state index in [0.29, 0.717) is 23.2 Å². The SMILES string of the molecule is CCC1CCCCN1c1cc(C(=O)NCc2ccccc2Cl)ccn1. The fourth-order valence-corrected chi connectivity index (χ4v) is 3.57. The van der Waals surface area contributed by atoms with E-state index >= 15 is 0 Å². The molecule has 0 radical (unpaired) electrons. The molecule has 1 aliphatic heterocycles. The van der Waals surface area contributed by atoms with Crippen LogP contribution in [-0.4, -0.2) is 23.5 Å². The first-order valence-corrected chi connectivity index (χ1v) is 9.31. The molecule has 2 aromatic rings. The Labute approximate surface area is 154 Å². The molecule has 1 aliphatic rings. The van der Waals surface area contributed by atoms with Crippen molar-refractivity contribution in [3.63, 3.8) is 0 Å². The molecular formula is C20H24ClN3O. The Hall–Kier alpha value is -2.07. The molecule has 3 rings (SSSR count). The summed E-state index contributed by atoms with van der Waals surface area (Å²) >= 11 is 6.14. The summed E-state index contributed by atoms with van der Waals surface area (Å²) in [5.74, 6) is 0.797. The number of amides is 1. The number of hydrogen-bond donors (Lipinski definition) is 1. The second kappa shape index (κ2) is 8.34. The third kappa shape index (κ3) is 4.31. The maximum Gasteiger partial charge on any atom is 0.251 e. The third-order valence-electron chi connectivity index (χ3n) is 4.80. The van der Waals surface area contributed by atoms with Crippen LogP contribution in [-0.2, 0) is 6.54 Å². The standard InChI is InChI=1S/C20H24ClN3O/c1-2-17-8-5-6-12-24(17)19-13-15(10-11-22-19)20(25)23-14-16-7-3-4-9-18(16)21/h3-4,7,9-11,13,17H,2,5-6,8,12,14H2,1H3,(H,23,25). The average Bonchev–Trinajstić information content (AvgIpc) is 2.67. The van der Waals surface area contributed by atoms with Crippen molar-refractivity contribution in [1.29, 1.82) is 0 Å². The van der Waals surface area contributed by atoms with Crippen LogP contribution in [0.2, 0.25) is 5.02 Å². The normalized spacial score (nSPS) is 17.4. The van der Waals surface area contributed by atoms with Crippen LogP contribution in [0.15, 0.2) is 42.6 Å². The Bertz CT molecular complexity index is 734. The predicted octanol–water partition coefficient (Wildman–Crippen LogP) is 4.43. The molecule has 1 fully saturated rings. The first kappa shape index (κ1) is 17.7. The molecule has 4 nitrogen and oxygen atoms in total. The van der Waals surface area contributed by atoms with Crippen molar-refractivity contribution in [3.05, 3.63) is 58.7 Å². The molecule has 1 atom stereocenters. The summed E-state index contributed by atoms with van der Waals surface area (Å²) < 4.78 is 0. The molecule has 0 bridgehead atoms. The summed E-state index contributed by atoms with van der Waals surface area (Å²) in [7, 11) is 0. The van der Waals surface area contributed by atoms with Gasteiger partial charge in [-0.05, 0) is 49.4 Å². The van der Waals surface area contributed by atoms with E-state index in [4.69, 9.17) is 11.6 Å². The largest absolute Gasteiger partial charge is 0.354 e. The number of pyridine rings is 1. The molecule has 1 unspecified atom stereocenters. The van der Waals surface area contributed by atoms with Crippen LogP contribution < -0.4 is 10.2 Å². The summed E-state index contributed by atoms with van der Waals surface area (Å²) in [6, 6.07) is 11.7. The molecule has 1 saturated heterocycles. The van der Waals surface area contributed by atoms with Crippen LogP contribution >= 0.6 is 11.6 Å². The van der Waals surface area contributed by atoms with Crippen LogP contribution in [0.4, 0.5) is 5.82 Å².